The zero-order valence-electron chi connectivity index (χ0n) is 22.4. The summed E-state index contributed by atoms with van der Waals surface area (Å²) in [5, 5.41) is 0. The summed E-state index contributed by atoms with van der Waals surface area (Å²) < 4.78 is 327. The highest BCUT2D eigenvalue weighted by Gasteiger charge is 2.85. The lowest BCUT2D eigenvalue weighted by Crippen LogP contribution is -2.66. The van der Waals surface area contributed by atoms with E-state index in [1.165, 1.54) is 0 Å². The Kier molecular flexibility index (Phi) is 13.3. The summed E-state index contributed by atoms with van der Waals surface area (Å²) >= 11 is 0. The Bertz CT molecular complexity index is 927. The van der Waals surface area contributed by atoms with E-state index in [0.29, 0.717) is 13.8 Å². The molecule has 0 saturated heterocycles. The quantitative estimate of drug-likeness (QED) is 0.130. The van der Waals surface area contributed by atoms with Crippen molar-refractivity contribution in [3.05, 3.63) is 0 Å². The van der Waals surface area contributed by atoms with Gasteiger partial charge in [0.05, 0.1) is 38.3 Å². The summed E-state index contributed by atoms with van der Waals surface area (Å²) in [7, 11) is 0. The third-order valence-corrected chi connectivity index (χ3v) is 5.43. The third kappa shape index (κ3) is 9.67. The first-order valence-corrected chi connectivity index (χ1v) is 11.6. The minimum Gasteiger partial charge on any atom is -0.371 e. The fraction of sp³-hybridized carbons (Fsp3) is 1.00. The molecule has 0 aromatic rings. The average Bonchev–Trinajstić information content (AvgIpc) is 2.83. The molecule has 0 amide bonds. The van der Waals surface area contributed by atoms with Gasteiger partial charge < -0.3 is 14.2 Å². The van der Waals surface area contributed by atoms with Crippen LogP contribution in [0.5, 0.6) is 0 Å². The maximum absolute atomic E-state index is 13.7. The van der Waals surface area contributed by atoms with Crippen LogP contribution >= 0.6 is 0 Å². The van der Waals surface area contributed by atoms with Crippen LogP contribution < -0.4 is 0 Å². The number of alkyl halides is 24. The molecule has 0 aromatic carbocycles. The molecule has 0 N–H and O–H groups in total. The molecule has 4 unspecified atom stereocenters. The summed E-state index contributed by atoms with van der Waals surface area (Å²) in [5.41, 5.74) is 0. The van der Waals surface area contributed by atoms with Crippen molar-refractivity contribution in [3.8, 4) is 0 Å². The lowest BCUT2D eigenvalue weighted by molar-refractivity contribution is -0.437. The molecule has 0 radical (unpaired) electrons. The van der Waals surface area contributed by atoms with Crippen molar-refractivity contribution in [3.63, 3.8) is 0 Å². The topological polar surface area (TPSA) is 27.7 Å². The van der Waals surface area contributed by atoms with Gasteiger partial charge in [-0.1, -0.05) is 0 Å². The molecular formula is C20H18F24O3. The van der Waals surface area contributed by atoms with Gasteiger partial charge in [0.2, 0.25) is 0 Å². The second kappa shape index (κ2) is 13.8. The Morgan fingerprint density at radius 3 is 0.851 bits per heavy atom. The highest BCUT2D eigenvalue weighted by atomic mass is 19.4. The minimum absolute atomic E-state index is 0.349. The van der Waals surface area contributed by atoms with Crippen molar-refractivity contribution in [2.45, 2.75) is 111 Å². The van der Waals surface area contributed by atoms with Crippen molar-refractivity contribution in [2.24, 2.45) is 0 Å². The number of halogens is 24. The molecule has 0 aromatic heterocycles. The number of ether oxygens (including phenoxy) is 3. The first-order valence-electron chi connectivity index (χ1n) is 11.6. The smallest absolute Gasteiger partial charge is 0.371 e. The standard InChI is InChI=1S/C20H18F24O3/c1-7(5-45-19(41,42)17(37,38)15(33,34)13(29,30)9(21)3-11(23,24)25)47-8(2)6-46-20(43,44)18(39,40)16(35,36)14(31,32)10(22)4-12(26,27)28/h7-10H,3-6H2,1-2H3. The zero-order valence-corrected chi connectivity index (χ0v) is 22.4. The molecular weight excluding hydrogens is 744 g/mol. The fourth-order valence-corrected chi connectivity index (χ4v) is 2.94. The molecule has 0 bridgehead atoms. The first kappa shape index (κ1) is 45.2. The van der Waals surface area contributed by atoms with Gasteiger partial charge in [-0.3, -0.25) is 0 Å². The van der Waals surface area contributed by atoms with E-state index in [0.717, 1.165) is 0 Å². The van der Waals surface area contributed by atoms with Gasteiger partial charge >= 0.3 is 60.1 Å². The Hall–Kier alpha value is -1.80. The van der Waals surface area contributed by atoms with E-state index in [1.807, 2.05) is 0 Å². The van der Waals surface area contributed by atoms with Crippen molar-refractivity contribution >= 4 is 0 Å². The van der Waals surface area contributed by atoms with Crippen LogP contribution in [-0.4, -0.2) is 97.9 Å². The molecule has 47 heavy (non-hydrogen) atoms. The molecule has 3 nitrogen and oxygen atoms in total. The maximum Gasteiger partial charge on any atom is 0.426 e. The molecule has 0 heterocycles. The SMILES string of the molecule is CC(COC(F)(F)C(F)(F)C(F)(F)C(F)(F)C(F)CC(F)(F)F)OC(C)COC(F)(F)C(F)(F)C(F)(F)C(F)(F)C(F)CC(F)(F)F. The van der Waals surface area contributed by atoms with Crippen LogP contribution in [0.1, 0.15) is 26.7 Å². The lowest BCUT2D eigenvalue weighted by Gasteiger charge is -2.38. The Morgan fingerprint density at radius 1 is 0.404 bits per heavy atom. The van der Waals surface area contributed by atoms with Gasteiger partial charge in [-0.15, -0.1) is 0 Å². The zero-order chi connectivity index (χ0) is 38.3. The molecule has 284 valence electrons. The number of hydrogen-bond acceptors (Lipinski definition) is 3. The average molecular weight is 762 g/mol. The Balaban J connectivity index is 5.61. The van der Waals surface area contributed by atoms with Crippen LogP contribution in [0.2, 0.25) is 0 Å². The molecule has 0 fully saturated rings. The van der Waals surface area contributed by atoms with Crippen molar-refractivity contribution in [1.29, 1.82) is 0 Å². The van der Waals surface area contributed by atoms with E-state index >= 15 is 0 Å². The van der Waals surface area contributed by atoms with Gasteiger partial charge in [-0.25, -0.2) is 8.78 Å². The van der Waals surface area contributed by atoms with Crippen LogP contribution in [0.25, 0.3) is 0 Å². The normalized spacial score (nSPS) is 18.3. The van der Waals surface area contributed by atoms with E-state index in [-0.39, 0.29) is 0 Å². The third-order valence-electron chi connectivity index (χ3n) is 5.43. The monoisotopic (exact) mass is 762 g/mol. The summed E-state index contributed by atoms with van der Waals surface area (Å²) in [6, 6.07) is 0. The molecule has 0 spiro atoms. The predicted molar refractivity (Wildman–Crippen MR) is 103 cm³/mol. The highest BCUT2D eigenvalue weighted by Crippen LogP contribution is 2.57. The predicted octanol–water partition coefficient (Wildman–Crippen LogP) is 9.39. The van der Waals surface area contributed by atoms with Crippen LogP contribution in [0.4, 0.5) is 105 Å². The van der Waals surface area contributed by atoms with Crippen molar-refractivity contribution < 1.29 is 120 Å². The first-order chi connectivity index (χ1) is 20.3. The highest BCUT2D eigenvalue weighted by molar-refractivity contribution is 5.05. The van der Waals surface area contributed by atoms with E-state index in [4.69, 9.17) is 0 Å². The van der Waals surface area contributed by atoms with E-state index in [1.54, 1.807) is 0 Å². The van der Waals surface area contributed by atoms with Crippen molar-refractivity contribution in [1.82, 2.24) is 0 Å². The largest absolute Gasteiger partial charge is 0.426 e. The van der Waals surface area contributed by atoms with Crippen LogP contribution in [0.3, 0.4) is 0 Å². The molecule has 4 atom stereocenters. The molecule has 0 aliphatic carbocycles. The van der Waals surface area contributed by atoms with Crippen LogP contribution in [0.15, 0.2) is 0 Å². The minimum atomic E-state index is -7.62. The van der Waals surface area contributed by atoms with Crippen molar-refractivity contribution in [2.75, 3.05) is 13.2 Å². The number of rotatable bonds is 18. The van der Waals surface area contributed by atoms with Crippen LogP contribution in [-0.2, 0) is 14.2 Å². The fourth-order valence-electron chi connectivity index (χ4n) is 2.94. The van der Waals surface area contributed by atoms with E-state index in [9.17, 15) is 105 Å². The van der Waals surface area contributed by atoms with Gasteiger partial charge in [-0.2, -0.15) is 96.6 Å². The van der Waals surface area contributed by atoms with Gasteiger partial charge in [0, 0.05) is 0 Å². The lowest BCUT2D eigenvalue weighted by atomic mass is 9.97. The maximum atomic E-state index is 13.7. The molecule has 0 saturated carbocycles. The van der Waals surface area contributed by atoms with Gasteiger partial charge in [0.15, 0.2) is 12.3 Å². The van der Waals surface area contributed by atoms with E-state index < -0.39 is 111 Å². The summed E-state index contributed by atoms with van der Waals surface area (Å²) in [6.07, 6.45) is -47.9. The summed E-state index contributed by atoms with van der Waals surface area (Å²) in [5.74, 6) is -44.6. The van der Waals surface area contributed by atoms with E-state index in [2.05, 4.69) is 14.2 Å². The summed E-state index contributed by atoms with van der Waals surface area (Å²) in [6.45, 7) is -3.74. The second-order valence-electron chi connectivity index (χ2n) is 9.53. The van der Waals surface area contributed by atoms with Gasteiger partial charge in [-0.05, 0) is 13.8 Å². The van der Waals surface area contributed by atoms with Gasteiger partial charge in [0.1, 0.15) is 0 Å². The Labute approximate surface area is 245 Å². The molecule has 0 aliphatic heterocycles. The number of hydrogen-bond donors (Lipinski definition) is 0. The molecule has 0 rings (SSSR count). The summed E-state index contributed by atoms with van der Waals surface area (Å²) in [4.78, 5) is 0. The van der Waals surface area contributed by atoms with Crippen LogP contribution in [0, 0.1) is 0 Å². The second-order valence-corrected chi connectivity index (χ2v) is 9.53. The molecule has 27 heteroatoms. The Morgan fingerprint density at radius 2 is 0.638 bits per heavy atom. The molecule has 0 aliphatic rings. The van der Waals surface area contributed by atoms with Gasteiger partial charge in [0.25, 0.3) is 0 Å².